The van der Waals surface area contributed by atoms with Gasteiger partial charge in [0.1, 0.15) is 0 Å². The van der Waals surface area contributed by atoms with Gasteiger partial charge < -0.3 is 9.84 Å². The fourth-order valence-corrected chi connectivity index (χ4v) is 2.31. The summed E-state index contributed by atoms with van der Waals surface area (Å²) >= 11 is 0. The first-order valence-corrected chi connectivity index (χ1v) is 6.51. The molecule has 94 valence electrons. The Balaban J connectivity index is 1.60. The monoisotopic (exact) mass is 243 g/mol. The highest BCUT2D eigenvalue weighted by atomic mass is 16.5. The van der Waals surface area contributed by atoms with Gasteiger partial charge in [-0.2, -0.15) is 4.98 Å². The van der Waals surface area contributed by atoms with Crippen molar-refractivity contribution in [3.05, 3.63) is 47.6 Å². The van der Waals surface area contributed by atoms with Gasteiger partial charge in [0.05, 0.1) is 6.04 Å². The number of nitrogens with zero attached hydrogens (tertiary/aromatic N) is 2. The molecule has 0 radical (unpaired) electrons. The maximum absolute atomic E-state index is 5.31. The molecule has 1 atom stereocenters. The van der Waals surface area contributed by atoms with Crippen LogP contribution in [0.2, 0.25) is 0 Å². The summed E-state index contributed by atoms with van der Waals surface area (Å²) in [5.41, 5.74) is 1.31. The molecule has 0 spiro atoms. The second-order valence-corrected chi connectivity index (χ2v) is 4.68. The highest BCUT2D eigenvalue weighted by molar-refractivity contribution is 5.15. The molecule has 1 aromatic carbocycles. The normalized spacial score (nSPS) is 19.2. The molecule has 1 fully saturated rings. The van der Waals surface area contributed by atoms with E-state index < -0.39 is 0 Å². The Labute approximate surface area is 106 Å². The largest absolute Gasteiger partial charge is 0.338 e. The maximum atomic E-state index is 5.31. The van der Waals surface area contributed by atoms with Gasteiger partial charge in [0.15, 0.2) is 5.82 Å². The average molecular weight is 243 g/mol. The van der Waals surface area contributed by atoms with Crippen molar-refractivity contribution in [3.63, 3.8) is 0 Å². The quantitative estimate of drug-likeness (QED) is 0.895. The fraction of sp³-hybridized carbons (Fsp3) is 0.429. The van der Waals surface area contributed by atoms with Crippen molar-refractivity contribution in [2.75, 3.05) is 6.54 Å². The summed E-state index contributed by atoms with van der Waals surface area (Å²) in [6, 6.07) is 10.7. The van der Waals surface area contributed by atoms with Crippen LogP contribution in [0.5, 0.6) is 0 Å². The van der Waals surface area contributed by atoms with Crippen LogP contribution in [0, 0.1) is 0 Å². The summed E-state index contributed by atoms with van der Waals surface area (Å²) in [6.07, 6.45) is 4.07. The first-order chi connectivity index (χ1) is 8.92. The van der Waals surface area contributed by atoms with Crippen LogP contribution >= 0.6 is 0 Å². The Bertz CT molecular complexity index is 489. The second-order valence-electron chi connectivity index (χ2n) is 4.68. The zero-order valence-corrected chi connectivity index (χ0v) is 10.3. The van der Waals surface area contributed by atoms with Gasteiger partial charge in [-0.15, -0.1) is 0 Å². The summed E-state index contributed by atoms with van der Waals surface area (Å²) in [6.45, 7) is 1.05. The van der Waals surface area contributed by atoms with Crippen molar-refractivity contribution >= 4 is 0 Å². The molecule has 2 heterocycles. The van der Waals surface area contributed by atoms with E-state index in [9.17, 15) is 0 Å². The zero-order valence-electron chi connectivity index (χ0n) is 10.3. The van der Waals surface area contributed by atoms with E-state index in [1.165, 1.54) is 12.0 Å². The summed E-state index contributed by atoms with van der Waals surface area (Å²) in [7, 11) is 0. The van der Waals surface area contributed by atoms with Gasteiger partial charge in [0, 0.05) is 6.42 Å². The van der Waals surface area contributed by atoms with Crippen LogP contribution in [-0.4, -0.2) is 16.7 Å². The molecule has 3 rings (SSSR count). The summed E-state index contributed by atoms with van der Waals surface area (Å²) in [4.78, 5) is 4.47. The van der Waals surface area contributed by atoms with Gasteiger partial charge in [0.25, 0.3) is 0 Å². The first kappa shape index (κ1) is 11.4. The van der Waals surface area contributed by atoms with Crippen LogP contribution in [0.3, 0.4) is 0 Å². The molecular weight excluding hydrogens is 226 g/mol. The summed E-state index contributed by atoms with van der Waals surface area (Å²) in [5.74, 6) is 1.55. The number of hydrogen-bond donors (Lipinski definition) is 1. The molecule has 4 nitrogen and oxygen atoms in total. The van der Waals surface area contributed by atoms with Crippen LogP contribution in [0.25, 0.3) is 0 Å². The number of benzene rings is 1. The van der Waals surface area contributed by atoms with Crippen LogP contribution in [0.4, 0.5) is 0 Å². The highest BCUT2D eigenvalue weighted by Gasteiger charge is 2.22. The third kappa shape index (κ3) is 2.59. The number of rotatable bonds is 4. The lowest BCUT2D eigenvalue weighted by Crippen LogP contribution is -2.13. The van der Waals surface area contributed by atoms with Crippen molar-refractivity contribution in [2.45, 2.75) is 31.7 Å². The van der Waals surface area contributed by atoms with E-state index in [-0.39, 0.29) is 6.04 Å². The van der Waals surface area contributed by atoms with Gasteiger partial charge in [-0.1, -0.05) is 35.5 Å². The number of nitrogens with one attached hydrogen (secondary N) is 1. The fourth-order valence-electron chi connectivity index (χ4n) is 2.31. The van der Waals surface area contributed by atoms with Crippen LogP contribution in [-0.2, 0) is 12.8 Å². The van der Waals surface area contributed by atoms with Gasteiger partial charge in [-0.3, -0.25) is 0 Å². The van der Waals surface area contributed by atoms with Crippen LogP contribution < -0.4 is 5.32 Å². The van der Waals surface area contributed by atoms with Crippen molar-refractivity contribution in [2.24, 2.45) is 0 Å². The molecule has 1 aliphatic heterocycles. The molecule has 1 aromatic heterocycles. The number of aryl methyl sites for hydroxylation is 2. The van der Waals surface area contributed by atoms with Gasteiger partial charge in [-0.25, -0.2) is 0 Å². The molecule has 1 aliphatic rings. The standard InChI is InChI=1S/C14H17N3O/c1-2-5-11(6-3-1)8-9-13-16-14(18-17-13)12-7-4-10-15-12/h1-3,5-6,12,15H,4,7-10H2/t12-/m1/s1. The molecule has 0 aliphatic carbocycles. The molecule has 1 saturated heterocycles. The van der Waals surface area contributed by atoms with E-state index in [2.05, 4.69) is 39.7 Å². The van der Waals surface area contributed by atoms with Gasteiger partial charge in [-0.05, 0) is 31.4 Å². The van der Waals surface area contributed by atoms with Gasteiger partial charge >= 0.3 is 0 Å². The molecule has 2 aromatic rings. The lowest BCUT2D eigenvalue weighted by Gasteiger charge is -2.01. The third-order valence-electron chi connectivity index (χ3n) is 3.32. The van der Waals surface area contributed by atoms with Crippen LogP contribution in [0.1, 0.15) is 36.2 Å². The summed E-state index contributed by atoms with van der Waals surface area (Å²) in [5, 5.41) is 7.41. The molecule has 18 heavy (non-hydrogen) atoms. The van der Waals surface area contributed by atoms with E-state index >= 15 is 0 Å². The predicted octanol–water partition coefficient (Wildman–Crippen LogP) is 2.28. The molecular formula is C14H17N3O. The van der Waals surface area contributed by atoms with E-state index in [1.54, 1.807) is 0 Å². The maximum Gasteiger partial charge on any atom is 0.243 e. The Kier molecular flexibility index (Phi) is 3.37. The second kappa shape index (κ2) is 5.31. The number of hydrogen-bond acceptors (Lipinski definition) is 4. The van der Waals surface area contributed by atoms with Crippen molar-refractivity contribution in [1.82, 2.24) is 15.5 Å². The van der Waals surface area contributed by atoms with E-state index in [4.69, 9.17) is 4.52 Å². The molecule has 0 saturated carbocycles. The summed E-state index contributed by atoms with van der Waals surface area (Å²) < 4.78 is 5.31. The van der Waals surface area contributed by atoms with Crippen molar-refractivity contribution in [3.8, 4) is 0 Å². The average Bonchev–Trinajstić information content (AvgIpc) is 3.08. The minimum atomic E-state index is 0.267. The Morgan fingerprint density at radius 2 is 2.11 bits per heavy atom. The minimum Gasteiger partial charge on any atom is -0.338 e. The van der Waals surface area contributed by atoms with E-state index in [0.29, 0.717) is 0 Å². The molecule has 0 bridgehead atoms. The zero-order chi connectivity index (χ0) is 12.2. The Hall–Kier alpha value is -1.68. The molecule has 4 heteroatoms. The van der Waals surface area contributed by atoms with Crippen LogP contribution in [0.15, 0.2) is 34.9 Å². The van der Waals surface area contributed by atoms with Crippen molar-refractivity contribution in [1.29, 1.82) is 0 Å². The SMILES string of the molecule is c1ccc(CCc2noc([C@H]3CCCN3)n2)cc1. The lowest BCUT2D eigenvalue weighted by atomic mass is 10.1. The number of aromatic nitrogens is 2. The first-order valence-electron chi connectivity index (χ1n) is 6.51. The highest BCUT2D eigenvalue weighted by Crippen LogP contribution is 2.21. The lowest BCUT2D eigenvalue weighted by molar-refractivity contribution is 0.341. The predicted molar refractivity (Wildman–Crippen MR) is 68.1 cm³/mol. The van der Waals surface area contributed by atoms with Gasteiger partial charge in [0.2, 0.25) is 5.89 Å². The van der Waals surface area contributed by atoms with Crippen molar-refractivity contribution < 1.29 is 4.52 Å². The third-order valence-corrected chi connectivity index (χ3v) is 3.32. The minimum absolute atomic E-state index is 0.267. The molecule has 0 unspecified atom stereocenters. The smallest absolute Gasteiger partial charge is 0.243 e. The molecule has 0 amide bonds. The van der Waals surface area contributed by atoms with E-state index in [1.807, 2.05) is 6.07 Å². The molecule has 1 N–H and O–H groups in total. The van der Waals surface area contributed by atoms with E-state index in [0.717, 1.165) is 37.5 Å². The Morgan fingerprint density at radius 1 is 1.22 bits per heavy atom. The Morgan fingerprint density at radius 3 is 2.89 bits per heavy atom. The topological polar surface area (TPSA) is 51.0 Å².